The van der Waals surface area contributed by atoms with Gasteiger partial charge in [-0.15, -0.1) is 0 Å². The van der Waals surface area contributed by atoms with Gasteiger partial charge in [0.15, 0.2) is 0 Å². The van der Waals surface area contributed by atoms with Crippen molar-refractivity contribution in [3.63, 3.8) is 0 Å². The predicted octanol–water partition coefficient (Wildman–Crippen LogP) is 0.710. The summed E-state index contributed by atoms with van der Waals surface area (Å²) in [6, 6.07) is 0.298. The van der Waals surface area contributed by atoms with E-state index in [1.807, 2.05) is 11.7 Å². The Balaban J connectivity index is 2.21. The van der Waals surface area contributed by atoms with Crippen LogP contribution in [0.25, 0.3) is 0 Å². The van der Waals surface area contributed by atoms with Gasteiger partial charge in [0.1, 0.15) is 0 Å². The Morgan fingerprint density at radius 1 is 1.50 bits per heavy atom. The van der Waals surface area contributed by atoms with Crippen molar-refractivity contribution in [3.8, 4) is 0 Å². The van der Waals surface area contributed by atoms with E-state index in [2.05, 4.69) is 42.4 Å². The van der Waals surface area contributed by atoms with Gasteiger partial charge in [-0.2, -0.15) is 5.10 Å². The van der Waals surface area contributed by atoms with Crippen LogP contribution in [0.5, 0.6) is 0 Å². The normalized spacial score (nSPS) is 25.6. The van der Waals surface area contributed by atoms with Gasteiger partial charge in [0, 0.05) is 31.9 Å². The van der Waals surface area contributed by atoms with E-state index in [9.17, 15) is 0 Å². The molecule has 1 saturated heterocycles. The van der Waals surface area contributed by atoms with Crippen LogP contribution in [0.4, 0.5) is 0 Å². The predicted molar refractivity (Wildman–Crippen MR) is 71.6 cm³/mol. The Kier molecular flexibility index (Phi) is 4.37. The van der Waals surface area contributed by atoms with Gasteiger partial charge in [-0.05, 0) is 20.5 Å². The molecule has 1 aromatic heterocycles. The number of aryl methyl sites for hydroxylation is 2. The van der Waals surface area contributed by atoms with Crippen LogP contribution in [0.15, 0.2) is 6.20 Å². The molecule has 0 aliphatic carbocycles. The Bertz CT molecular complexity index is 390. The molecular formula is C13H24N4O. The highest BCUT2D eigenvalue weighted by Crippen LogP contribution is 2.29. The van der Waals surface area contributed by atoms with E-state index in [4.69, 9.17) is 4.74 Å². The van der Waals surface area contributed by atoms with Crippen molar-refractivity contribution in [2.75, 3.05) is 33.3 Å². The summed E-state index contributed by atoms with van der Waals surface area (Å²) < 4.78 is 7.83. The fourth-order valence-electron chi connectivity index (χ4n) is 2.67. The van der Waals surface area contributed by atoms with Crippen LogP contribution in [-0.4, -0.2) is 54.1 Å². The van der Waals surface area contributed by atoms with Crippen LogP contribution in [0.2, 0.25) is 0 Å². The van der Waals surface area contributed by atoms with Crippen molar-refractivity contribution >= 4 is 0 Å². The quantitative estimate of drug-likeness (QED) is 0.857. The molecule has 5 nitrogen and oxygen atoms in total. The maximum absolute atomic E-state index is 5.94. The number of nitrogens with one attached hydrogen (secondary N) is 1. The first-order valence-electron chi connectivity index (χ1n) is 6.66. The summed E-state index contributed by atoms with van der Waals surface area (Å²) in [5.74, 6) is 0. The summed E-state index contributed by atoms with van der Waals surface area (Å²) in [5, 5.41) is 7.84. The number of ether oxygens (including phenoxy) is 1. The van der Waals surface area contributed by atoms with Crippen LogP contribution in [0.3, 0.4) is 0 Å². The molecule has 2 atom stereocenters. The van der Waals surface area contributed by atoms with Crippen molar-refractivity contribution < 1.29 is 4.74 Å². The largest absolute Gasteiger partial charge is 0.374 e. The zero-order valence-corrected chi connectivity index (χ0v) is 11.8. The molecule has 1 aliphatic rings. The van der Waals surface area contributed by atoms with Crippen LogP contribution >= 0.6 is 0 Å². The summed E-state index contributed by atoms with van der Waals surface area (Å²) in [4.78, 5) is 2.37. The summed E-state index contributed by atoms with van der Waals surface area (Å²) in [5.41, 5.74) is 2.38. The third kappa shape index (κ3) is 2.74. The monoisotopic (exact) mass is 252 g/mol. The Morgan fingerprint density at radius 2 is 2.28 bits per heavy atom. The second-order valence-corrected chi connectivity index (χ2v) is 4.99. The third-order valence-corrected chi connectivity index (χ3v) is 3.57. The molecule has 0 spiro atoms. The SMILES string of the molecule is CCNCC1OCCN(C)C1c1cn(C)nc1C. The second-order valence-electron chi connectivity index (χ2n) is 4.99. The van der Waals surface area contributed by atoms with Gasteiger partial charge in [-0.3, -0.25) is 9.58 Å². The minimum atomic E-state index is 0.201. The lowest BCUT2D eigenvalue weighted by Crippen LogP contribution is -2.47. The zero-order chi connectivity index (χ0) is 13.1. The Hall–Kier alpha value is -0.910. The highest BCUT2D eigenvalue weighted by atomic mass is 16.5. The number of aromatic nitrogens is 2. The molecule has 5 heteroatoms. The van der Waals surface area contributed by atoms with E-state index in [1.54, 1.807) is 0 Å². The van der Waals surface area contributed by atoms with E-state index in [0.717, 1.165) is 31.9 Å². The van der Waals surface area contributed by atoms with E-state index >= 15 is 0 Å². The topological polar surface area (TPSA) is 42.3 Å². The van der Waals surface area contributed by atoms with Crippen molar-refractivity contribution in [3.05, 3.63) is 17.5 Å². The van der Waals surface area contributed by atoms with Crippen molar-refractivity contribution in [1.29, 1.82) is 0 Å². The molecule has 1 fully saturated rings. The maximum atomic E-state index is 5.94. The smallest absolute Gasteiger partial charge is 0.0897 e. The van der Waals surface area contributed by atoms with Gasteiger partial charge >= 0.3 is 0 Å². The lowest BCUT2D eigenvalue weighted by atomic mass is 9.99. The standard InChI is InChI=1S/C13H24N4O/c1-5-14-8-12-13(16(3)6-7-18-12)11-9-17(4)15-10(11)2/h9,12-14H,5-8H2,1-4H3. The molecule has 2 unspecified atom stereocenters. The second kappa shape index (κ2) is 5.82. The Morgan fingerprint density at radius 3 is 2.89 bits per heavy atom. The van der Waals surface area contributed by atoms with E-state index < -0.39 is 0 Å². The van der Waals surface area contributed by atoms with Crippen molar-refractivity contribution in [2.45, 2.75) is 26.0 Å². The zero-order valence-electron chi connectivity index (χ0n) is 11.8. The molecular weight excluding hydrogens is 228 g/mol. The fraction of sp³-hybridized carbons (Fsp3) is 0.769. The Labute approximate surface area is 109 Å². The van der Waals surface area contributed by atoms with Gasteiger partial charge in [0.05, 0.1) is 24.4 Å². The van der Waals surface area contributed by atoms with E-state index in [0.29, 0.717) is 6.04 Å². The molecule has 102 valence electrons. The van der Waals surface area contributed by atoms with Gasteiger partial charge in [-0.1, -0.05) is 6.92 Å². The number of likely N-dealkylation sites (N-methyl/N-ethyl adjacent to an activating group) is 2. The summed E-state index contributed by atoms with van der Waals surface area (Å²) in [6.07, 6.45) is 2.32. The van der Waals surface area contributed by atoms with Gasteiger partial charge in [0.25, 0.3) is 0 Å². The molecule has 0 radical (unpaired) electrons. The molecule has 18 heavy (non-hydrogen) atoms. The minimum Gasteiger partial charge on any atom is -0.374 e. The highest BCUT2D eigenvalue weighted by molar-refractivity contribution is 5.22. The van der Waals surface area contributed by atoms with Crippen molar-refractivity contribution in [2.24, 2.45) is 7.05 Å². The van der Waals surface area contributed by atoms with Crippen LogP contribution in [0.1, 0.15) is 24.2 Å². The van der Waals surface area contributed by atoms with Crippen LogP contribution < -0.4 is 5.32 Å². The van der Waals surface area contributed by atoms with E-state index in [-0.39, 0.29) is 6.10 Å². The third-order valence-electron chi connectivity index (χ3n) is 3.57. The molecule has 1 aliphatic heterocycles. The fourth-order valence-corrected chi connectivity index (χ4v) is 2.67. The molecule has 0 saturated carbocycles. The number of nitrogens with zero attached hydrogens (tertiary/aromatic N) is 3. The highest BCUT2D eigenvalue weighted by Gasteiger charge is 2.33. The van der Waals surface area contributed by atoms with Gasteiger partial charge < -0.3 is 10.1 Å². The summed E-state index contributed by atoms with van der Waals surface area (Å²) >= 11 is 0. The van der Waals surface area contributed by atoms with Gasteiger partial charge in [0.2, 0.25) is 0 Å². The minimum absolute atomic E-state index is 0.201. The lowest BCUT2D eigenvalue weighted by Gasteiger charge is -2.39. The molecule has 2 rings (SSSR count). The molecule has 1 N–H and O–H groups in total. The maximum Gasteiger partial charge on any atom is 0.0897 e. The van der Waals surface area contributed by atoms with Crippen molar-refractivity contribution in [1.82, 2.24) is 20.0 Å². The number of hydrogen-bond acceptors (Lipinski definition) is 4. The summed E-state index contributed by atoms with van der Waals surface area (Å²) in [7, 11) is 4.14. The first kappa shape index (κ1) is 13.5. The average Bonchev–Trinajstić information content (AvgIpc) is 2.65. The molecule has 2 heterocycles. The number of rotatable bonds is 4. The molecule has 0 amide bonds. The lowest BCUT2D eigenvalue weighted by molar-refractivity contribution is -0.0613. The van der Waals surface area contributed by atoms with Gasteiger partial charge in [-0.25, -0.2) is 0 Å². The molecule has 1 aromatic rings. The molecule has 0 aromatic carbocycles. The molecule has 0 bridgehead atoms. The number of hydrogen-bond donors (Lipinski definition) is 1. The summed E-state index contributed by atoms with van der Waals surface area (Å²) in [6.45, 7) is 7.84. The van der Waals surface area contributed by atoms with Crippen LogP contribution in [0, 0.1) is 6.92 Å². The van der Waals surface area contributed by atoms with E-state index in [1.165, 1.54) is 5.56 Å². The average molecular weight is 252 g/mol. The first-order chi connectivity index (χ1) is 8.63. The van der Waals surface area contributed by atoms with Crippen LogP contribution in [-0.2, 0) is 11.8 Å². The number of morpholine rings is 1. The first-order valence-corrected chi connectivity index (χ1v) is 6.66.